The average Bonchev–Trinajstić information content (AvgIpc) is 3.35. The second-order valence-electron chi connectivity index (χ2n) is 8.48. The molecule has 1 aliphatic rings. The van der Waals surface area contributed by atoms with Crippen molar-refractivity contribution < 1.29 is 4.52 Å². The molecule has 1 fully saturated rings. The van der Waals surface area contributed by atoms with Crippen molar-refractivity contribution in [3.63, 3.8) is 0 Å². The number of nitrogens with zero attached hydrogens (tertiary/aromatic N) is 8. The van der Waals surface area contributed by atoms with Gasteiger partial charge in [-0.05, 0) is 17.5 Å². The summed E-state index contributed by atoms with van der Waals surface area (Å²) in [6, 6.07) is 3.95. The van der Waals surface area contributed by atoms with Gasteiger partial charge in [-0.3, -0.25) is 4.98 Å². The molecule has 0 amide bonds. The van der Waals surface area contributed by atoms with Crippen LogP contribution in [0.3, 0.4) is 0 Å². The van der Waals surface area contributed by atoms with Crippen LogP contribution in [0.5, 0.6) is 0 Å². The first-order chi connectivity index (χ1) is 16.6. The number of nitrogens with one attached hydrogen (secondary N) is 1. The van der Waals surface area contributed by atoms with Crippen molar-refractivity contribution in [2.24, 2.45) is 5.92 Å². The normalized spacial score (nSPS) is 15.0. The first kappa shape index (κ1) is 21.8. The Labute approximate surface area is 196 Å². The molecule has 0 radical (unpaired) electrons. The Morgan fingerprint density at radius 2 is 1.68 bits per heavy atom. The zero-order valence-electron chi connectivity index (χ0n) is 19.1. The molecule has 1 atom stereocenters. The second kappa shape index (κ2) is 9.48. The number of pyridine rings is 1. The van der Waals surface area contributed by atoms with Gasteiger partial charge in [-0.15, -0.1) is 0 Å². The molecule has 3 N–H and O–H groups in total. The summed E-state index contributed by atoms with van der Waals surface area (Å²) in [5.41, 5.74) is 8.68. The number of rotatable bonds is 6. The van der Waals surface area contributed by atoms with Crippen LogP contribution in [0.1, 0.15) is 31.2 Å². The number of aromatic nitrogens is 7. The van der Waals surface area contributed by atoms with Crippen molar-refractivity contribution in [2.45, 2.75) is 19.8 Å². The Bertz CT molecular complexity index is 1220. The summed E-state index contributed by atoms with van der Waals surface area (Å²) >= 11 is 0. The quantitative estimate of drug-likeness (QED) is 0.438. The summed E-state index contributed by atoms with van der Waals surface area (Å²) in [7, 11) is 0. The number of anilines is 2. The SMILES string of the molecule is CC(C)[C@H](c1ccc(-c2cnc(N)nc2)nc1)c1noc(-c2cnc(N3CCNCC3)cn2)n1. The minimum absolute atomic E-state index is 0.0881. The van der Waals surface area contributed by atoms with Gasteiger partial charge in [0.25, 0.3) is 5.89 Å². The Hall–Kier alpha value is -3.99. The maximum absolute atomic E-state index is 5.57. The van der Waals surface area contributed by atoms with E-state index in [0.29, 0.717) is 17.4 Å². The van der Waals surface area contributed by atoms with E-state index in [0.717, 1.165) is 48.8 Å². The van der Waals surface area contributed by atoms with E-state index in [1.165, 1.54) is 0 Å². The van der Waals surface area contributed by atoms with Crippen molar-refractivity contribution in [1.29, 1.82) is 0 Å². The van der Waals surface area contributed by atoms with Crippen molar-refractivity contribution in [2.75, 3.05) is 36.8 Å². The Morgan fingerprint density at radius 3 is 2.32 bits per heavy atom. The molecule has 5 rings (SSSR count). The van der Waals surface area contributed by atoms with Crippen molar-refractivity contribution >= 4 is 11.8 Å². The molecule has 0 aromatic carbocycles. The highest BCUT2D eigenvalue weighted by atomic mass is 16.5. The molecule has 0 spiro atoms. The number of nitrogens with two attached hydrogens (primary N) is 1. The molecule has 4 aromatic heterocycles. The van der Waals surface area contributed by atoms with Crippen molar-refractivity contribution in [3.8, 4) is 22.8 Å². The first-order valence-corrected chi connectivity index (χ1v) is 11.2. The monoisotopic (exact) mass is 458 g/mol. The van der Waals surface area contributed by atoms with Gasteiger partial charge in [-0.2, -0.15) is 4.98 Å². The third kappa shape index (κ3) is 4.55. The molecule has 4 aromatic rings. The fourth-order valence-electron chi connectivity index (χ4n) is 4.02. The minimum Gasteiger partial charge on any atom is -0.368 e. The standard InChI is InChI=1S/C23H26N10O/c1-14(2)20(15-3-4-17(26-9-15)16-10-29-23(24)30-11-16)21-31-22(34-32-21)18-12-28-19(13-27-18)33-7-5-25-6-8-33/h3-4,9-14,20,25H,5-8H2,1-2H3,(H2,24,29,30)/t20-/m1/s1. The van der Waals surface area contributed by atoms with Crippen LogP contribution in [-0.4, -0.2) is 61.2 Å². The van der Waals surface area contributed by atoms with Crippen LogP contribution < -0.4 is 16.0 Å². The van der Waals surface area contributed by atoms with Crippen LogP contribution in [0.25, 0.3) is 22.8 Å². The molecule has 0 saturated carbocycles. The van der Waals surface area contributed by atoms with Gasteiger partial charge in [0, 0.05) is 50.3 Å². The van der Waals surface area contributed by atoms with E-state index in [9.17, 15) is 0 Å². The molecular weight excluding hydrogens is 432 g/mol. The van der Waals surface area contributed by atoms with Gasteiger partial charge < -0.3 is 20.5 Å². The maximum atomic E-state index is 5.57. The van der Waals surface area contributed by atoms with Gasteiger partial charge in [0.05, 0.1) is 24.0 Å². The van der Waals surface area contributed by atoms with Crippen LogP contribution >= 0.6 is 0 Å². The lowest BCUT2D eigenvalue weighted by molar-refractivity contribution is 0.408. The summed E-state index contributed by atoms with van der Waals surface area (Å²) in [5.74, 6) is 2.15. The van der Waals surface area contributed by atoms with E-state index in [1.807, 2.05) is 18.3 Å². The molecule has 5 heterocycles. The lowest BCUT2D eigenvalue weighted by atomic mass is 9.88. The van der Waals surface area contributed by atoms with Crippen LogP contribution in [-0.2, 0) is 0 Å². The summed E-state index contributed by atoms with van der Waals surface area (Å²) in [6.07, 6.45) is 8.58. The number of nitrogen functional groups attached to an aromatic ring is 1. The molecule has 1 saturated heterocycles. The molecule has 1 aliphatic heterocycles. The fraction of sp³-hybridized carbons (Fsp3) is 0.348. The number of hydrogen-bond donors (Lipinski definition) is 2. The largest absolute Gasteiger partial charge is 0.368 e. The van der Waals surface area contributed by atoms with Gasteiger partial charge in [-0.1, -0.05) is 25.1 Å². The van der Waals surface area contributed by atoms with Crippen molar-refractivity contribution in [3.05, 3.63) is 54.5 Å². The highest BCUT2D eigenvalue weighted by Crippen LogP contribution is 2.31. The zero-order chi connectivity index (χ0) is 23.5. The van der Waals surface area contributed by atoms with E-state index in [4.69, 9.17) is 10.3 Å². The van der Waals surface area contributed by atoms with Crippen LogP contribution in [0, 0.1) is 5.92 Å². The second-order valence-corrected chi connectivity index (χ2v) is 8.48. The van der Waals surface area contributed by atoms with E-state index >= 15 is 0 Å². The van der Waals surface area contributed by atoms with Crippen molar-refractivity contribution in [1.82, 2.24) is 40.4 Å². The Balaban J connectivity index is 1.36. The molecule has 0 aliphatic carbocycles. The summed E-state index contributed by atoms with van der Waals surface area (Å²) < 4.78 is 5.56. The van der Waals surface area contributed by atoms with Crippen LogP contribution in [0.15, 0.2) is 47.6 Å². The van der Waals surface area contributed by atoms with Gasteiger partial charge in [0.15, 0.2) is 5.82 Å². The molecule has 11 nitrogen and oxygen atoms in total. The Kier molecular flexibility index (Phi) is 6.09. The summed E-state index contributed by atoms with van der Waals surface area (Å²) in [6.45, 7) is 7.93. The zero-order valence-corrected chi connectivity index (χ0v) is 19.1. The van der Waals surface area contributed by atoms with E-state index in [1.54, 1.807) is 24.8 Å². The van der Waals surface area contributed by atoms with E-state index in [-0.39, 0.29) is 17.8 Å². The average molecular weight is 459 g/mol. The highest BCUT2D eigenvalue weighted by Gasteiger charge is 2.25. The predicted octanol–water partition coefficient (Wildman–Crippen LogP) is 2.16. The van der Waals surface area contributed by atoms with Crippen LogP contribution in [0.2, 0.25) is 0 Å². The maximum Gasteiger partial charge on any atom is 0.278 e. The third-order valence-electron chi connectivity index (χ3n) is 5.80. The van der Waals surface area contributed by atoms with Gasteiger partial charge >= 0.3 is 0 Å². The smallest absolute Gasteiger partial charge is 0.278 e. The summed E-state index contributed by atoms with van der Waals surface area (Å²) in [4.78, 5) is 28.6. The predicted molar refractivity (Wildman–Crippen MR) is 127 cm³/mol. The minimum atomic E-state index is -0.0881. The highest BCUT2D eigenvalue weighted by molar-refractivity contribution is 5.57. The lowest BCUT2D eigenvalue weighted by Crippen LogP contribution is -2.43. The molecule has 11 heteroatoms. The fourth-order valence-corrected chi connectivity index (χ4v) is 4.02. The van der Waals surface area contributed by atoms with Gasteiger partial charge in [0.2, 0.25) is 5.95 Å². The molecular formula is C23H26N10O. The number of hydrogen-bond acceptors (Lipinski definition) is 11. The number of piperazine rings is 1. The molecule has 34 heavy (non-hydrogen) atoms. The molecule has 174 valence electrons. The topological polar surface area (TPSA) is 145 Å². The van der Waals surface area contributed by atoms with Gasteiger partial charge in [0.1, 0.15) is 11.5 Å². The molecule has 0 bridgehead atoms. The third-order valence-corrected chi connectivity index (χ3v) is 5.80. The van der Waals surface area contributed by atoms with Gasteiger partial charge in [-0.25, -0.2) is 19.9 Å². The molecule has 0 unspecified atom stereocenters. The first-order valence-electron chi connectivity index (χ1n) is 11.2. The van der Waals surface area contributed by atoms with E-state index < -0.39 is 0 Å². The summed E-state index contributed by atoms with van der Waals surface area (Å²) in [5, 5.41) is 7.59. The lowest BCUT2D eigenvalue weighted by Gasteiger charge is -2.27. The Morgan fingerprint density at radius 1 is 0.912 bits per heavy atom. The van der Waals surface area contributed by atoms with E-state index in [2.05, 4.69) is 59.1 Å². The van der Waals surface area contributed by atoms with Crippen LogP contribution in [0.4, 0.5) is 11.8 Å².